The highest BCUT2D eigenvalue weighted by Crippen LogP contribution is 2.22. The van der Waals surface area contributed by atoms with E-state index in [2.05, 4.69) is 40.5 Å². The van der Waals surface area contributed by atoms with Gasteiger partial charge in [0, 0.05) is 39.3 Å². The Labute approximate surface area is 184 Å². The fraction of sp³-hybridized carbons (Fsp3) is 0.480. The number of nitrogens with zero attached hydrogens (tertiary/aromatic N) is 2. The van der Waals surface area contributed by atoms with Crippen molar-refractivity contribution in [1.82, 2.24) is 15.1 Å². The third-order valence-corrected chi connectivity index (χ3v) is 6.23. The van der Waals surface area contributed by atoms with Crippen molar-refractivity contribution in [2.75, 3.05) is 26.2 Å². The van der Waals surface area contributed by atoms with Crippen molar-refractivity contribution < 1.29 is 13.9 Å². The van der Waals surface area contributed by atoms with Gasteiger partial charge >= 0.3 is 6.03 Å². The number of hydrogen-bond donors (Lipinski definition) is 1. The molecule has 0 radical (unpaired) electrons. The number of ether oxygens (including phenoxy) is 1. The number of benzene rings is 2. The number of halogens is 1. The second kappa shape index (κ2) is 10.7. The highest BCUT2D eigenvalue weighted by atomic mass is 19.1. The van der Waals surface area contributed by atoms with Crippen molar-refractivity contribution in [2.45, 2.75) is 51.0 Å². The molecule has 2 amide bonds. The Bertz CT molecular complexity index is 832. The summed E-state index contributed by atoms with van der Waals surface area (Å²) in [4.78, 5) is 16.7. The predicted octanol–water partition coefficient (Wildman–Crippen LogP) is 4.18. The SMILES string of the molecule is O=C(NCc1cccc(F)c1)N1CCC(OC2CCN(Cc3ccccc3)CC2)CC1. The van der Waals surface area contributed by atoms with Crippen LogP contribution >= 0.6 is 0 Å². The summed E-state index contributed by atoms with van der Waals surface area (Å²) in [6.45, 7) is 4.89. The standard InChI is InChI=1S/C25H32FN3O2/c26-22-8-4-7-21(17-22)18-27-25(30)29-15-11-24(12-16-29)31-23-9-13-28(14-10-23)19-20-5-2-1-3-6-20/h1-8,17,23-24H,9-16,18-19H2,(H,27,30). The van der Waals surface area contributed by atoms with Gasteiger partial charge in [-0.2, -0.15) is 0 Å². The molecule has 0 atom stereocenters. The number of urea groups is 1. The summed E-state index contributed by atoms with van der Waals surface area (Å²) >= 11 is 0. The first-order valence-electron chi connectivity index (χ1n) is 11.3. The summed E-state index contributed by atoms with van der Waals surface area (Å²) in [5, 5.41) is 2.89. The van der Waals surface area contributed by atoms with E-state index >= 15 is 0 Å². The van der Waals surface area contributed by atoms with Gasteiger partial charge in [0.05, 0.1) is 12.2 Å². The van der Waals surface area contributed by atoms with Crippen molar-refractivity contribution in [2.24, 2.45) is 0 Å². The lowest BCUT2D eigenvalue weighted by Crippen LogP contribution is -2.47. The number of piperidine rings is 2. The fourth-order valence-corrected chi connectivity index (χ4v) is 4.45. The Balaban J connectivity index is 1.13. The summed E-state index contributed by atoms with van der Waals surface area (Å²) in [5.41, 5.74) is 2.13. The first-order chi connectivity index (χ1) is 15.2. The summed E-state index contributed by atoms with van der Waals surface area (Å²) < 4.78 is 19.6. The van der Waals surface area contributed by atoms with Crippen LogP contribution in [0.4, 0.5) is 9.18 Å². The van der Waals surface area contributed by atoms with Gasteiger partial charge in [-0.15, -0.1) is 0 Å². The molecule has 0 saturated carbocycles. The van der Waals surface area contributed by atoms with Gasteiger partial charge < -0.3 is 15.0 Å². The molecule has 2 aromatic rings. The van der Waals surface area contributed by atoms with Gasteiger partial charge in [0.2, 0.25) is 0 Å². The highest BCUT2D eigenvalue weighted by Gasteiger charge is 2.27. The van der Waals surface area contributed by atoms with Crippen LogP contribution in [0.25, 0.3) is 0 Å². The molecule has 1 N–H and O–H groups in total. The van der Waals surface area contributed by atoms with Gasteiger partial charge in [0.25, 0.3) is 0 Å². The van der Waals surface area contributed by atoms with E-state index in [0.717, 1.165) is 50.9 Å². The zero-order valence-electron chi connectivity index (χ0n) is 18.0. The lowest BCUT2D eigenvalue weighted by Gasteiger charge is -2.37. The van der Waals surface area contributed by atoms with Gasteiger partial charge in [-0.05, 0) is 48.9 Å². The predicted molar refractivity (Wildman–Crippen MR) is 119 cm³/mol. The highest BCUT2D eigenvalue weighted by molar-refractivity contribution is 5.74. The first kappa shape index (κ1) is 21.8. The van der Waals surface area contributed by atoms with Crippen molar-refractivity contribution in [3.05, 3.63) is 71.5 Å². The molecule has 2 aliphatic rings. The summed E-state index contributed by atoms with van der Waals surface area (Å²) in [6.07, 6.45) is 4.45. The van der Waals surface area contributed by atoms with Crippen molar-refractivity contribution in [3.8, 4) is 0 Å². The average molecular weight is 426 g/mol. The molecule has 0 spiro atoms. The molecule has 2 heterocycles. The molecule has 0 aliphatic carbocycles. The minimum absolute atomic E-state index is 0.0862. The molecule has 0 bridgehead atoms. The van der Waals surface area contributed by atoms with Crippen LogP contribution in [0, 0.1) is 5.82 Å². The zero-order chi connectivity index (χ0) is 21.5. The Hall–Kier alpha value is -2.44. The number of hydrogen-bond acceptors (Lipinski definition) is 3. The lowest BCUT2D eigenvalue weighted by molar-refractivity contribution is -0.0619. The summed E-state index contributed by atoms with van der Waals surface area (Å²) in [7, 11) is 0. The van der Waals surface area contributed by atoms with Crippen LogP contribution in [0.5, 0.6) is 0 Å². The van der Waals surface area contributed by atoms with Crippen LogP contribution in [0.2, 0.25) is 0 Å². The second-order valence-corrected chi connectivity index (χ2v) is 8.57. The van der Waals surface area contributed by atoms with Gasteiger partial charge in [-0.25, -0.2) is 9.18 Å². The van der Waals surface area contributed by atoms with Crippen LogP contribution < -0.4 is 5.32 Å². The molecule has 2 saturated heterocycles. The van der Waals surface area contributed by atoms with Crippen molar-refractivity contribution in [3.63, 3.8) is 0 Å². The average Bonchev–Trinajstić information content (AvgIpc) is 2.80. The normalized spacial score (nSPS) is 18.8. The Morgan fingerprint density at radius 1 is 0.903 bits per heavy atom. The molecular formula is C25H32FN3O2. The second-order valence-electron chi connectivity index (χ2n) is 8.57. The quantitative estimate of drug-likeness (QED) is 0.755. The van der Waals surface area contributed by atoms with Crippen molar-refractivity contribution >= 4 is 6.03 Å². The molecule has 2 fully saturated rings. The maximum absolute atomic E-state index is 13.3. The molecular weight excluding hydrogens is 393 g/mol. The molecule has 2 aliphatic heterocycles. The Kier molecular flexibility index (Phi) is 7.54. The third kappa shape index (κ3) is 6.52. The van der Waals surface area contributed by atoms with Crippen LogP contribution in [-0.4, -0.2) is 54.2 Å². The van der Waals surface area contributed by atoms with Gasteiger partial charge in [0.15, 0.2) is 0 Å². The van der Waals surface area contributed by atoms with E-state index in [1.165, 1.54) is 17.7 Å². The first-order valence-corrected chi connectivity index (χ1v) is 11.3. The number of amides is 2. The van der Waals surface area contributed by atoms with E-state index in [1.54, 1.807) is 6.07 Å². The number of nitrogens with one attached hydrogen (secondary N) is 1. The summed E-state index contributed by atoms with van der Waals surface area (Å²) in [6, 6.07) is 16.9. The van der Waals surface area contributed by atoms with E-state index in [4.69, 9.17) is 4.74 Å². The minimum Gasteiger partial charge on any atom is -0.375 e. The zero-order valence-corrected chi connectivity index (χ0v) is 18.0. The number of carbonyl (C=O) groups is 1. The minimum atomic E-state index is -0.282. The van der Waals surface area contributed by atoms with E-state index in [-0.39, 0.29) is 18.0 Å². The smallest absolute Gasteiger partial charge is 0.317 e. The maximum Gasteiger partial charge on any atom is 0.317 e. The molecule has 0 aromatic heterocycles. The molecule has 6 heteroatoms. The molecule has 2 aromatic carbocycles. The molecule has 0 unspecified atom stereocenters. The van der Waals surface area contributed by atoms with Crippen LogP contribution in [-0.2, 0) is 17.8 Å². The monoisotopic (exact) mass is 425 g/mol. The van der Waals surface area contributed by atoms with Gasteiger partial charge in [-0.1, -0.05) is 42.5 Å². The molecule has 5 nitrogen and oxygen atoms in total. The molecule has 4 rings (SSSR count). The largest absolute Gasteiger partial charge is 0.375 e. The molecule has 166 valence electrons. The van der Waals surface area contributed by atoms with E-state index in [1.807, 2.05) is 11.0 Å². The van der Waals surface area contributed by atoms with Gasteiger partial charge in [-0.3, -0.25) is 4.90 Å². The van der Waals surface area contributed by atoms with Crippen LogP contribution in [0.1, 0.15) is 36.8 Å². The topological polar surface area (TPSA) is 44.8 Å². The van der Waals surface area contributed by atoms with Crippen molar-refractivity contribution in [1.29, 1.82) is 0 Å². The fourth-order valence-electron chi connectivity index (χ4n) is 4.45. The van der Waals surface area contributed by atoms with E-state index in [0.29, 0.717) is 25.7 Å². The van der Waals surface area contributed by atoms with E-state index < -0.39 is 0 Å². The third-order valence-electron chi connectivity index (χ3n) is 6.23. The number of likely N-dealkylation sites (tertiary alicyclic amines) is 2. The molecule has 31 heavy (non-hydrogen) atoms. The summed E-state index contributed by atoms with van der Waals surface area (Å²) in [5.74, 6) is -0.282. The Morgan fingerprint density at radius 3 is 2.23 bits per heavy atom. The van der Waals surface area contributed by atoms with Crippen LogP contribution in [0.3, 0.4) is 0 Å². The van der Waals surface area contributed by atoms with E-state index in [9.17, 15) is 9.18 Å². The number of carbonyl (C=O) groups excluding carboxylic acids is 1. The Morgan fingerprint density at radius 2 is 1.55 bits per heavy atom. The lowest BCUT2D eigenvalue weighted by atomic mass is 10.0. The number of rotatable bonds is 6. The maximum atomic E-state index is 13.3. The van der Waals surface area contributed by atoms with Crippen LogP contribution in [0.15, 0.2) is 54.6 Å². The van der Waals surface area contributed by atoms with Gasteiger partial charge in [0.1, 0.15) is 5.82 Å².